The number of para-hydroxylation sites is 1. The Balaban J connectivity index is 0.00000300. The Morgan fingerprint density at radius 3 is 1.69 bits per heavy atom. The summed E-state index contributed by atoms with van der Waals surface area (Å²) >= 11 is 0. The van der Waals surface area contributed by atoms with Crippen molar-refractivity contribution in [1.29, 1.82) is 0 Å². The number of nitrogens with zero attached hydrogens (tertiary/aromatic N) is 9. The molecule has 0 aliphatic carbocycles. The molecule has 0 amide bonds. The predicted octanol–water partition coefficient (Wildman–Crippen LogP) is 5.42. The maximum absolute atomic E-state index is 5.03. The van der Waals surface area contributed by atoms with Crippen LogP contribution in [0.25, 0.3) is 67.3 Å². The second-order valence-electron chi connectivity index (χ2n) is 10.5. The molecule has 8 aromatic rings. The minimum atomic E-state index is -0.199. The first kappa shape index (κ1) is 27.0. The fourth-order valence-electron chi connectivity index (χ4n) is 5.73. The fourth-order valence-corrected chi connectivity index (χ4v) is 5.73. The molecule has 0 radical (unpaired) electrons. The minimum Gasteiger partial charge on any atom is -0.357 e. The third-order valence-corrected chi connectivity index (χ3v) is 7.80. The van der Waals surface area contributed by atoms with Gasteiger partial charge in [-0.25, -0.2) is 9.97 Å². The van der Waals surface area contributed by atoms with Crippen molar-refractivity contribution in [3.8, 4) is 5.69 Å². The van der Waals surface area contributed by atoms with Crippen molar-refractivity contribution in [3.05, 3.63) is 132 Å². The van der Waals surface area contributed by atoms with Gasteiger partial charge in [0.1, 0.15) is 5.65 Å². The average molecular weight is 763 g/mol. The molecule has 10 heteroatoms. The van der Waals surface area contributed by atoms with Crippen molar-refractivity contribution in [2.24, 2.45) is 0 Å². The van der Waals surface area contributed by atoms with Gasteiger partial charge in [0.05, 0.1) is 11.3 Å². The fraction of sp³-hybridized carbons (Fsp3) is 0.0286. The molecule has 0 fully saturated rings. The molecule has 0 N–H and O–H groups in total. The number of aromatic nitrogens is 9. The van der Waals surface area contributed by atoms with Gasteiger partial charge >= 0.3 is 21.1 Å². The Morgan fingerprint density at radius 2 is 1.04 bits per heavy atom. The summed E-state index contributed by atoms with van der Waals surface area (Å²) in [4.78, 5) is 39.4. The van der Waals surface area contributed by atoms with Crippen LogP contribution in [0.3, 0.4) is 0 Å². The van der Waals surface area contributed by atoms with Gasteiger partial charge in [0, 0.05) is 40.4 Å². The zero-order chi connectivity index (χ0) is 29.0. The monoisotopic (exact) mass is 762 g/mol. The van der Waals surface area contributed by atoms with E-state index in [1.54, 1.807) is 0 Å². The van der Waals surface area contributed by atoms with E-state index in [0.717, 1.165) is 32.8 Å². The topological polar surface area (TPSA) is 110 Å². The first-order chi connectivity index (χ1) is 21.8. The second kappa shape index (κ2) is 10.9. The first-order valence-corrected chi connectivity index (χ1v) is 14.2. The normalized spacial score (nSPS) is 13.6. The number of imidazole rings is 1. The van der Waals surface area contributed by atoms with E-state index in [9.17, 15) is 0 Å². The molecule has 1 aliphatic heterocycles. The summed E-state index contributed by atoms with van der Waals surface area (Å²) in [5, 5.41) is 3.51. The Kier molecular flexibility index (Phi) is 6.54. The van der Waals surface area contributed by atoms with E-state index >= 15 is 0 Å². The number of benzene rings is 4. The Morgan fingerprint density at radius 1 is 0.511 bits per heavy atom. The van der Waals surface area contributed by atoms with Gasteiger partial charge in [0.15, 0.2) is 5.78 Å². The summed E-state index contributed by atoms with van der Waals surface area (Å²) in [6.45, 7) is 0. The van der Waals surface area contributed by atoms with Gasteiger partial charge < -0.3 is 29.9 Å². The molecule has 5 heterocycles. The van der Waals surface area contributed by atoms with Crippen LogP contribution in [0.2, 0.25) is 0 Å². The minimum absolute atomic E-state index is 0. The van der Waals surface area contributed by atoms with Gasteiger partial charge in [0.25, 0.3) is 0 Å². The number of rotatable bonds is 2. The molecule has 1 unspecified atom stereocenters. The van der Waals surface area contributed by atoms with E-state index in [2.05, 4.69) is 12.1 Å². The molecule has 0 saturated heterocycles. The molecule has 0 spiro atoms. The van der Waals surface area contributed by atoms with Crippen molar-refractivity contribution in [1.82, 2.24) is 44.4 Å². The van der Waals surface area contributed by atoms with Crippen LogP contribution in [-0.4, -0.2) is 34.5 Å². The Labute approximate surface area is 270 Å². The predicted molar refractivity (Wildman–Crippen MR) is 170 cm³/mol. The maximum atomic E-state index is 5.03. The molecule has 216 valence electrons. The van der Waals surface area contributed by atoms with Gasteiger partial charge in [-0.15, -0.1) is 0 Å². The summed E-state index contributed by atoms with van der Waals surface area (Å²) in [6, 6.07) is 36.0. The van der Waals surface area contributed by atoms with E-state index in [-0.39, 0.29) is 27.0 Å². The molecule has 45 heavy (non-hydrogen) atoms. The van der Waals surface area contributed by atoms with Crippen LogP contribution in [0, 0.1) is 0 Å². The number of hydrogen-bond acceptors (Lipinski definition) is 6. The van der Waals surface area contributed by atoms with Crippen LogP contribution < -0.4 is 15.4 Å². The molecule has 9 nitrogen and oxygen atoms in total. The molecular formula is C35H21N9Pt. The first-order valence-electron chi connectivity index (χ1n) is 14.2. The summed E-state index contributed by atoms with van der Waals surface area (Å²) in [5.41, 5.74) is 5.11. The van der Waals surface area contributed by atoms with E-state index < -0.39 is 0 Å². The van der Waals surface area contributed by atoms with E-state index in [0.29, 0.717) is 45.3 Å². The largest absolute Gasteiger partial charge is 2.00 e. The second-order valence-corrected chi connectivity index (χ2v) is 10.5. The Hall–Kier alpha value is -5.53. The zero-order valence-electron chi connectivity index (χ0n) is 23.5. The van der Waals surface area contributed by atoms with Crippen molar-refractivity contribution >= 4 is 61.6 Å². The van der Waals surface area contributed by atoms with Crippen LogP contribution >= 0.6 is 0 Å². The van der Waals surface area contributed by atoms with Gasteiger partial charge in [-0.05, 0) is 45.3 Å². The molecule has 4 aromatic heterocycles. The van der Waals surface area contributed by atoms with Crippen LogP contribution in [0.1, 0.15) is 17.3 Å². The summed E-state index contributed by atoms with van der Waals surface area (Å²) in [7, 11) is 0. The van der Waals surface area contributed by atoms with E-state index in [1.807, 2.05) is 114 Å². The Bertz CT molecular complexity index is 2570. The molecule has 0 saturated carbocycles. The number of hydrogen-bond donors (Lipinski definition) is 0. The van der Waals surface area contributed by atoms with Gasteiger partial charge in [0.2, 0.25) is 0 Å². The standard InChI is InChI=1S/C35H21N9.Pt/c1-3-11-21(12-4-1)27-19-28-36-30-24-16-8-10-18-26(24)33(41-30)43-35-39-29(20-44(35)22-13-5-2-6-14-22)38-31-23-15-7-9-17-25(23)32(40-31)42-34(27)37-28;/h1-20,27H;/q-2;+2. The van der Waals surface area contributed by atoms with Crippen LogP contribution in [0.15, 0.2) is 115 Å². The molecular weight excluding hydrogens is 742 g/mol. The SMILES string of the molecule is C1=c2nc(nc3[n-]c(nc4cn(-c5ccccc5)c(n4)nc4[n-]c(n2)c2ccccc42)c2ccccc32)C1c1ccccc1.[Pt+2]. The number of fused-ring (bicyclic) bond motifs is 14. The quantitative estimate of drug-likeness (QED) is 0.230. The molecule has 1 aliphatic rings. The smallest absolute Gasteiger partial charge is 0.357 e. The van der Waals surface area contributed by atoms with Gasteiger partial charge in [-0.3, -0.25) is 4.57 Å². The van der Waals surface area contributed by atoms with Crippen LogP contribution in [-0.2, 0) is 21.1 Å². The van der Waals surface area contributed by atoms with Crippen LogP contribution in [0.4, 0.5) is 0 Å². The van der Waals surface area contributed by atoms with Crippen LogP contribution in [0.5, 0.6) is 0 Å². The molecule has 8 bridgehead atoms. The third kappa shape index (κ3) is 4.69. The summed E-state index contributed by atoms with van der Waals surface area (Å²) in [6.07, 6.45) is 3.89. The van der Waals surface area contributed by atoms with E-state index in [4.69, 9.17) is 39.9 Å². The van der Waals surface area contributed by atoms with Crippen molar-refractivity contribution in [2.75, 3.05) is 0 Å². The zero-order valence-corrected chi connectivity index (χ0v) is 25.7. The van der Waals surface area contributed by atoms with Crippen molar-refractivity contribution < 1.29 is 21.1 Å². The molecule has 4 aromatic carbocycles. The summed E-state index contributed by atoms with van der Waals surface area (Å²) in [5.74, 6) is 0.853. The summed E-state index contributed by atoms with van der Waals surface area (Å²) < 4.78 is 1.91. The third-order valence-electron chi connectivity index (χ3n) is 7.80. The van der Waals surface area contributed by atoms with E-state index in [1.165, 1.54) is 0 Å². The molecule has 1 atom stereocenters. The molecule has 9 rings (SSSR count). The maximum Gasteiger partial charge on any atom is 2.00 e. The van der Waals surface area contributed by atoms with Gasteiger partial charge in [-0.2, -0.15) is 0 Å². The average Bonchev–Trinajstić information content (AvgIpc) is 3.83. The van der Waals surface area contributed by atoms with Crippen molar-refractivity contribution in [2.45, 2.75) is 5.92 Å². The van der Waals surface area contributed by atoms with Crippen molar-refractivity contribution in [3.63, 3.8) is 0 Å². The van der Waals surface area contributed by atoms with Gasteiger partial charge in [-0.1, -0.05) is 97.1 Å².